The summed E-state index contributed by atoms with van der Waals surface area (Å²) in [7, 11) is 0. The molecule has 0 saturated carbocycles. The van der Waals surface area contributed by atoms with Gasteiger partial charge in [0, 0.05) is 12.0 Å². The molecule has 0 aliphatic carbocycles. The van der Waals surface area contributed by atoms with Crippen LogP contribution in [0.3, 0.4) is 0 Å². The third kappa shape index (κ3) is 6.39. The molecule has 82 valence electrons. The average Bonchev–Trinajstić information content (AvgIpc) is 2.30. The lowest BCUT2D eigenvalue weighted by Gasteiger charge is -1.96. The first-order valence-corrected chi connectivity index (χ1v) is 5.02. The van der Waals surface area contributed by atoms with E-state index in [9.17, 15) is 4.79 Å². The Morgan fingerprint density at radius 2 is 2.12 bits per heavy atom. The molecule has 16 heavy (non-hydrogen) atoms. The summed E-state index contributed by atoms with van der Waals surface area (Å²) in [6, 6.07) is 0. The highest BCUT2D eigenvalue weighted by molar-refractivity contribution is 5.98. The Bertz CT molecular complexity index is 384. The highest BCUT2D eigenvalue weighted by Crippen LogP contribution is 2.03. The first-order valence-electron chi connectivity index (χ1n) is 5.02. The second-order valence-electron chi connectivity index (χ2n) is 2.92. The first-order chi connectivity index (χ1) is 7.76. The van der Waals surface area contributed by atoms with Crippen molar-refractivity contribution in [1.29, 1.82) is 0 Å². The monoisotopic (exact) mass is 212 g/mol. The Balaban J connectivity index is 4.30. The van der Waals surface area contributed by atoms with E-state index in [0.29, 0.717) is 12.0 Å². The van der Waals surface area contributed by atoms with Gasteiger partial charge in [-0.15, -0.1) is 6.42 Å². The van der Waals surface area contributed by atoms with Crippen LogP contribution < -0.4 is 0 Å². The summed E-state index contributed by atoms with van der Waals surface area (Å²) in [4.78, 5) is 11.6. The summed E-state index contributed by atoms with van der Waals surface area (Å²) < 4.78 is 0. The fourth-order valence-electron chi connectivity index (χ4n) is 1.00. The summed E-state index contributed by atoms with van der Waals surface area (Å²) in [5, 5.41) is 0. The van der Waals surface area contributed by atoms with Crippen molar-refractivity contribution < 1.29 is 4.79 Å². The molecule has 0 amide bonds. The third-order valence-corrected chi connectivity index (χ3v) is 1.79. The molecule has 1 heteroatoms. The largest absolute Gasteiger partial charge is 0.294 e. The number of Topliss-reactive ketones (excluding diaryl/α,β-unsaturated/α-hetero) is 1. The van der Waals surface area contributed by atoms with E-state index < -0.39 is 0 Å². The summed E-state index contributed by atoms with van der Waals surface area (Å²) in [6.45, 7) is 5.39. The smallest absolute Gasteiger partial charge is 0.166 e. The van der Waals surface area contributed by atoms with E-state index in [-0.39, 0.29) is 5.78 Å². The minimum absolute atomic E-state index is 0.0750. The molecule has 0 rings (SSSR count). The van der Waals surface area contributed by atoms with Crippen molar-refractivity contribution in [2.45, 2.75) is 13.3 Å². The fourth-order valence-corrected chi connectivity index (χ4v) is 1.00. The molecule has 0 fully saturated rings. The second kappa shape index (κ2) is 9.48. The molecule has 0 aromatic carbocycles. The minimum Gasteiger partial charge on any atom is -0.294 e. The van der Waals surface area contributed by atoms with Gasteiger partial charge >= 0.3 is 0 Å². The zero-order chi connectivity index (χ0) is 12.2. The lowest BCUT2D eigenvalue weighted by atomic mass is 10.1. The molecular formula is C15H16O. The SMILES string of the molecule is C#C/C=C\C=C/CC(=O)C(/C=C\C=C)=C/C. The molecule has 1 nitrogen and oxygen atoms in total. The summed E-state index contributed by atoms with van der Waals surface area (Å²) >= 11 is 0. The van der Waals surface area contributed by atoms with Crippen molar-refractivity contribution in [3.63, 3.8) is 0 Å². The number of carbonyl (C=O) groups excluding carboxylic acids is 1. The maximum atomic E-state index is 11.6. The molecule has 0 bridgehead atoms. The minimum atomic E-state index is 0.0750. The average molecular weight is 212 g/mol. The molecule has 0 unspecified atom stereocenters. The third-order valence-electron chi connectivity index (χ3n) is 1.79. The van der Waals surface area contributed by atoms with Crippen molar-refractivity contribution in [3.05, 3.63) is 60.8 Å². The van der Waals surface area contributed by atoms with E-state index in [2.05, 4.69) is 12.5 Å². The number of carbonyl (C=O) groups is 1. The Kier molecular flexibility index (Phi) is 8.26. The van der Waals surface area contributed by atoms with E-state index in [4.69, 9.17) is 6.42 Å². The van der Waals surface area contributed by atoms with Gasteiger partial charge in [-0.25, -0.2) is 0 Å². The molecule has 0 aromatic heterocycles. The highest BCUT2D eigenvalue weighted by atomic mass is 16.1. The number of allylic oxidation sites excluding steroid dienone is 9. The summed E-state index contributed by atoms with van der Waals surface area (Å²) in [5.41, 5.74) is 0.686. The number of rotatable bonds is 6. The van der Waals surface area contributed by atoms with Gasteiger partial charge in [0.1, 0.15) is 0 Å². The van der Waals surface area contributed by atoms with Crippen LogP contribution in [0.25, 0.3) is 0 Å². The van der Waals surface area contributed by atoms with Crippen LogP contribution in [-0.4, -0.2) is 5.78 Å². The lowest BCUT2D eigenvalue weighted by Crippen LogP contribution is -1.97. The van der Waals surface area contributed by atoms with Crippen LogP contribution in [-0.2, 0) is 4.79 Å². The molecule has 0 aromatic rings. The van der Waals surface area contributed by atoms with Gasteiger partial charge in [0.05, 0.1) is 0 Å². The van der Waals surface area contributed by atoms with E-state index in [1.807, 2.05) is 6.92 Å². The van der Waals surface area contributed by atoms with Crippen LogP contribution in [0.4, 0.5) is 0 Å². The van der Waals surface area contributed by atoms with Crippen LogP contribution in [0.5, 0.6) is 0 Å². The number of terminal acetylenes is 1. The number of ketones is 1. The predicted molar refractivity (Wildman–Crippen MR) is 69.8 cm³/mol. The Hall–Kier alpha value is -2.07. The Morgan fingerprint density at radius 3 is 2.69 bits per heavy atom. The van der Waals surface area contributed by atoms with Crippen LogP contribution in [0, 0.1) is 12.3 Å². The Morgan fingerprint density at radius 1 is 1.38 bits per heavy atom. The van der Waals surface area contributed by atoms with Crippen molar-refractivity contribution >= 4 is 5.78 Å². The van der Waals surface area contributed by atoms with E-state index >= 15 is 0 Å². The molecule has 0 aliphatic rings. The predicted octanol–water partition coefficient (Wildman–Crippen LogP) is 3.38. The summed E-state index contributed by atoms with van der Waals surface area (Å²) in [6.07, 6.45) is 19.2. The van der Waals surface area contributed by atoms with Crippen molar-refractivity contribution in [2.24, 2.45) is 0 Å². The second-order valence-corrected chi connectivity index (χ2v) is 2.92. The molecular weight excluding hydrogens is 196 g/mol. The maximum absolute atomic E-state index is 11.6. The van der Waals surface area contributed by atoms with Gasteiger partial charge in [-0.3, -0.25) is 4.79 Å². The molecule has 0 heterocycles. The molecule has 0 radical (unpaired) electrons. The van der Waals surface area contributed by atoms with Gasteiger partial charge in [0.2, 0.25) is 0 Å². The van der Waals surface area contributed by atoms with Crippen LogP contribution in [0.1, 0.15) is 13.3 Å². The van der Waals surface area contributed by atoms with Crippen molar-refractivity contribution in [2.75, 3.05) is 0 Å². The molecule has 0 saturated heterocycles. The summed E-state index contributed by atoms with van der Waals surface area (Å²) in [5.74, 6) is 2.44. The van der Waals surface area contributed by atoms with Crippen LogP contribution in [0.15, 0.2) is 60.8 Å². The molecule has 0 aliphatic heterocycles. The lowest BCUT2D eigenvalue weighted by molar-refractivity contribution is -0.114. The van der Waals surface area contributed by atoms with Gasteiger partial charge in [0.25, 0.3) is 0 Å². The number of hydrogen-bond acceptors (Lipinski definition) is 1. The van der Waals surface area contributed by atoms with Gasteiger partial charge in [0.15, 0.2) is 5.78 Å². The van der Waals surface area contributed by atoms with Gasteiger partial charge in [-0.05, 0) is 13.0 Å². The van der Waals surface area contributed by atoms with Crippen molar-refractivity contribution in [1.82, 2.24) is 0 Å². The molecule has 0 N–H and O–H groups in total. The van der Waals surface area contributed by atoms with E-state index in [1.54, 1.807) is 48.6 Å². The maximum Gasteiger partial charge on any atom is 0.166 e. The normalized spacial score (nSPS) is 12.4. The Labute approximate surface area is 97.6 Å². The molecule has 0 spiro atoms. The highest BCUT2D eigenvalue weighted by Gasteiger charge is 2.01. The topological polar surface area (TPSA) is 17.1 Å². The van der Waals surface area contributed by atoms with Crippen LogP contribution >= 0.6 is 0 Å². The van der Waals surface area contributed by atoms with Gasteiger partial charge in [-0.1, -0.05) is 55.0 Å². The standard InChI is InChI=1S/C15H16O/c1-4-7-9-10-11-13-15(16)14(6-3)12-8-5-2/h1,5-12H,2,13H2,3H3/b9-7-,11-10-,12-8-,14-6+. The van der Waals surface area contributed by atoms with Gasteiger partial charge in [-0.2, -0.15) is 0 Å². The van der Waals surface area contributed by atoms with E-state index in [1.165, 1.54) is 0 Å². The quantitative estimate of drug-likeness (QED) is 0.375. The van der Waals surface area contributed by atoms with Gasteiger partial charge < -0.3 is 0 Å². The van der Waals surface area contributed by atoms with Crippen molar-refractivity contribution in [3.8, 4) is 12.3 Å². The molecule has 0 atom stereocenters. The fraction of sp³-hybridized carbons (Fsp3) is 0.133. The van der Waals surface area contributed by atoms with E-state index in [0.717, 1.165) is 0 Å². The number of hydrogen-bond donors (Lipinski definition) is 0. The first kappa shape index (κ1) is 13.9. The zero-order valence-corrected chi connectivity index (χ0v) is 9.52. The zero-order valence-electron chi connectivity index (χ0n) is 9.52. The van der Waals surface area contributed by atoms with Crippen LogP contribution in [0.2, 0.25) is 0 Å².